The fraction of sp³-hybridized carbons (Fsp3) is 0.562. The highest BCUT2D eigenvalue weighted by Gasteiger charge is 2.06. The fourth-order valence-electron chi connectivity index (χ4n) is 2.04. The first-order chi connectivity index (χ1) is 10.2. The van der Waals surface area contributed by atoms with Gasteiger partial charge in [-0.25, -0.2) is 0 Å². The van der Waals surface area contributed by atoms with Crippen LogP contribution in [0.15, 0.2) is 29.3 Å². The summed E-state index contributed by atoms with van der Waals surface area (Å²) >= 11 is 6.01. The minimum absolute atomic E-state index is 0. The van der Waals surface area contributed by atoms with Crippen molar-refractivity contribution in [3.05, 3.63) is 34.9 Å². The van der Waals surface area contributed by atoms with Crippen molar-refractivity contribution in [2.75, 3.05) is 33.9 Å². The van der Waals surface area contributed by atoms with Crippen LogP contribution in [0, 0.1) is 0 Å². The molecule has 0 aliphatic heterocycles. The zero-order chi connectivity index (χ0) is 15.5. The van der Waals surface area contributed by atoms with E-state index in [0.717, 1.165) is 50.1 Å². The smallest absolute Gasteiger partial charge is 0.193 e. The van der Waals surface area contributed by atoms with Gasteiger partial charge >= 0.3 is 0 Å². The molecule has 0 aliphatic carbocycles. The molecule has 1 aromatic carbocycles. The fourth-order valence-corrected chi connectivity index (χ4v) is 2.26. The molecule has 0 spiro atoms. The Hall–Kier alpha value is -0.530. The summed E-state index contributed by atoms with van der Waals surface area (Å²) in [4.78, 5) is 6.40. The Morgan fingerprint density at radius 3 is 2.77 bits per heavy atom. The van der Waals surface area contributed by atoms with Gasteiger partial charge < -0.3 is 15.0 Å². The van der Waals surface area contributed by atoms with Crippen LogP contribution in [0.1, 0.15) is 25.3 Å². The van der Waals surface area contributed by atoms with Crippen molar-refractivity contribution < 1.29 is 4.74 Å². The van der Waals surface area contributed by atoms with Crippen molar-refractivity contribution in [1.82, 2.24) is 10.2 Å². The number of hydrogen-bond acceptors (Lipinski definition) is 2. The van der Waals surface area contributed by atoms with E-state index >= 15 is 0 Å². The third-order valence-electron chi connectivity index (χ3n) is 3.08. The summed E-state index contributed by atoms with van der Waals surface area (Å²) in [7, 11) is 3.83. The molecule has 0 amide bonds. The lowest BCUT2D eigenvalue weighted by molar-refractivity contribution is 0.143. The van der Waals surface area contributed by atoms with Gasteiger partial charge in [-0.3, -0.25) is 4.99 Å². The van der Waals surface area contributed by atoms with Crippen molar-refractivity contribution >= 4 is 41.5 Å². The highest BCUT2D eigenvalue weighted by atomic mass is 127. The number of benzene rings is 1. The van der Waals surface area contributed by atoms with Crippen LogP contribution < -0.4 is 5.32 Å². The quantitative estimate of drug-likeness (QED) is 0.290. The average Bonchev–Trinajstić information content (AvgIpc) is 2.46. The number of ether oxygens (including phenoxy) is 1. The normalized spacial score (nSPS) is 11.0. The SMILES string of the molecule is CCOCCCCNC(=NC)N(C)Cc1cccc(Cl)c1.I. The van der Waals surface area contributed by atoms with E-state index in [1.165, 1.54) is 5.56 Å². The number of rotatable bonds is 8. The van der Waals surface area contributed by atoms with E-state index in [-0.39, 0.29) is 24.0 Å². The molecule has 4 nitrogen and oxygen atoms in total. The van der Waals surface area contributed by atoms with Crippen LogP contribution in [0.4, 0.5) is 0 Å². The molecule has 0 aliphatic rings. The number of nitrogens with one attached hydrogen (secondary N) is 1. The molecule has 0 saturated carbocycles. The maximum atomic E-state index is 6.01. The van der Waals surface area contributed by atoms with Gasteiger partial charge in [-0.15, -0.1) is 24.0 Å². The Kier molecular flexibility index (Phi) is 12.6. The first-order valence-electron chi connectivity index (χ1n) is 7.41. The molecule has 0 fully saturated rings. The number of aliphatic imine (C=N–C) groups is 1. The van der Waals surface area contributed by atoms with E-state index < -0.39 is 0 Å². The second kappa shape index (κ2) is 13.0. The maximum Gasteiger partial charge on any atom is 0.193 e. The number of unbranched alkanes of at least 4 members (excludes halogenated alkanes) is 1. The van der Waals surface area contributed by atoms with Gasteiger partial charge in [-0.1, -0.05) is 23.7 Å². The molecule has 0 radical (unpaired) electrons. The molecule has 0 bridgehead atoms. The van der Waals surface area contributed by atoms with Crippen LogP contribution in [0.2, 0.25) is 5.02 Å². The summed E-state index contributed by atoms with van der Waals surface area (Å²) in [5, 5.41) is 4.13. The maximum absolute atomic E-state index is 6.01. The number of hydrogen-bond donors (Lipinski definition) is 1. The molecule has 22 heavy (non-hydrogen) atoms. The van der Waals surface area contributed by atoms with Crippen LogP contribution in [0.25, 0.3) is 0 Å². The lowest BCUT2D eigenvalue weighted by atomic mass is 10.2. The molecule has 0 heterocycles. The summed E-state index contributed by atoms with van der Waals surface area (Å²) < 4.78 is 5.32. The largest absolute Gasteiger partial charge is 0.382 e. The van der Waals surface area contributed by atoms with Crippen LogP contribution in [0.3, 0.4) is 0 Å². The van der Waals surface area contributed by atoms with E-state index in [1.807, 2.05) is 32.2 Å². The van der Waals surface area contributed by atoms with Crippen molar-refractivity contribution in [3.8, 4) is 0 Å². The van der Waals surface area contributed by atoms with Crippen LogP contribution >= 0.6 is 35.6 Å². The minimum Gasteiger partial charge on any atom is -0.382 e. The van der Waals surface area contributed by atoms with E-state index in [4.69, 9.17) is 16.3 Å². The third kappa shape index (κ3) is 8.80. The molecule has 1 aromatic rings. The Bertz CT molecular complexity index is 443. The van der Waals surface area contributed by atoms with Gasteiger partial charge in [0, 0.05) is 45.4 Å². The lowest BCUT2D eigenvalue weighted by Gasteiger charge is -2.22. The zero-order valence-electron chi connectivity index (χ0n) is 13.6. The van der Waals surface area contributed by atoms with Gasteiger partial charge in [0.05, 0.1) is 0 Å². The topological polar surface area (TPSA) is 36.9 Å². The highest BCUT2D eigenvalue weighted by Crippen LogP contribution is 2.12. The van der Waals surface area contributed by atoms with E-state index in [2.05, 4.69) is 21.3 Å². The molecule has 1 N–H and O–H groups in total. The first kappa shape index (κ1) is 21.5. The predicted molar refractivity (Wildman–Crippen MR) is 105 cm³/mol. The van der Waals surface area contributed by atoms with E-state index in [1.54, 1.807) is 7.05 Å². The predicted octanol–water partition coefficient (Wildman–Crippen LogP) is 3.78. The highest BCUT2D eigenvalue weighted by molar-refractivity contribution is 14.0. The molecular weight excluding hydrogens is 413 g/mol. The molecule has 1 rings (SSSR count). The zero-order valence-corrected chi connectivity index (χ0v) is 16.7. The Morgan fingerprint density at radius 2 is 2.14 bits per heavy atom. The summed E-state index contributed by atoms with van der Waals surface area (Å²) in [5.74, 6) is 0.895. The number of halogens is 2. The summed E-state index contributed by atoms with van der Waals surface area (Å²) in [6.07, 6.45) is 2.14. The lowest BCUT2D eigenvalue weighted by Crippen LogP contribution is -2.38. The van der Waals surface area contributed by atoms with Gasteiger partial charge in [-0.2, -0.15) is 0 Å². The molecule has 0 unspecified atom stereocenters. The molecular formula is C16H27ClIN3O. The minimum atomic E-state index is 0. The standard InChI is InChI=1S/C16H26ClN3O.HI/c1-4-21-11-6-5-10-19-16(18-2)20(3)13-14-8-7-9-15(17)12-14;/h7-9,12H,4-6,10-11,13H2,1-3H3,(H,18,19);1H. The van der Waals surface area contributed by atoms with Gasteiger partial charge in [0.1, 0.15) is 0 Å². The Morgan fingerprint density at radius 1 is 1.36 bits per heavy atom. The van der Waals surface area contributed by atoms with Crippen LogP contribution in [-0.4, -0.2) is 44.7 Å². The van der Waals surface area contributed by atoms with Gasteiger partial charge in [0.25, 0.3) is 0 Å². The van der Waals surface area contributed by atoms with Gasteiger partial charge in [0.15, 0.2) is 5.96 Å². The first-order valence-corrected chi connectivity index (χ1v) is 7.79. The number of nitrogens with zero attached hydrogens (tertiary/aromatic N) is 2. The summed E-state index contributed by atoms with van der Waals surface area (Å²) in [6, 6.07) is 7.90. The summed E-state index contributed by atoms with van der Waals surface area (Å²) in [5.41, 5.74) is 1.17. The van der Waals surface area contributed by atoms with E-state index in [9.17, 15) is 0 Å². The number of guanidine groups is 1. The third-order valence-corrected chi connectivity index (χ3v) is 3.32. The molecule has 0 atom stereocenters. The monoisotopic (exact) mass is 439 g/mol. The Labute approximate surface area is 156 Å². The summed E-state index contributed by atoms with van der Waals surface area (Å²) in [6.45, 7) is 5.32. The molecule has 126 valence electrons. The van der Waals surface area contributed by atoms with Crippen molar-refractivity contribution in [1.29, 1.82) is 0 Å². The van der Waals surface area contributed by atoms with Gasteiger partial charge in [-0.05, 0) is 37.5 Å². The molecule has 6 heteroatoms. The van der Waals surface area contributed by atoms with Crippen molar-refractivity contribution in [2.24, 2.45) is 4.99 Å². The average molecular weight is 440 g/mol. The van der Waals surface area contributed by atoms with Gasteiger partial charge in [0.2, 0.25) is 0 Å². The van der Waals surface area contributed by atoms with Crippen LogP contribution in [-0.2, 0) is 11.3 Å². The second-order valence-electron chi connectivity index (χ2n) is 4.86. The second-order valence-corrected chi connectivity index (χ2v) is 5.30. The van der Waals surface area contributed by atoms with Crippen molar-refractivity contribution in [3.63, 3.8) is 0 Å². The Balaban J connectivity index is 0.00000441. The van der Waals surface area contributed by atoms with Crippen LogP contribution in [0.5, 0.6) is 0 Å². The van der Waals surface area contributed by atoms with Crippen molar-refractivity contribution in [2.45, 2.75) is 26.3 Å². The molecule has 0 aromatic heterocycles. The van der Waals surface area contributed by atoms with E-state index in [0.29, 0.717) is 0 Å². The molecule has 0 saturated heterocycles.